The lowest BCUT2D eigenvalue weighted by Crippen LogP contribution is -2.55. The Hall–Kier alpha value is 0.174. The molecule has 0 rings (SSSR count). The normalized spacial score (nSPS) is 13.8. The molecule has 0 N–H and O–H groups in total. The third-order valence-corrected chi connectivity index (χ3v) is 19.1. The predicted molar refractivity (Wildman–Crippen MR) is 135 cm³/mol. The number of rotatable bonds is 13. The number of esters is 1. The monoisotopic (exact) mass is 482 g/mol. The summed E-state index contributed by atoms with van der Waals surface area (Å²) in [6, 6.07) is 0. The van der Waals surface area contributed by atoms with Gasteiger partial charge in [0.15, 0.2) is 17.4 Å². The first-order chi connectivity index (χ1) is 12.1. The van der Waals surface area contributed by atoms with Crippen molar-refractivity contribution >= 4 is 51.4 Å². The molecule has 0 heterocycles. The van der Waals surface area contributed by atoms with E-state index in [0.29, 0.717) is 17.7 Å². The summed E-state index contributed by atoms with van der Waals surface area (Å²) >= 11 is 0. The lowest BCUT2D eigenvalue weighted by atomic mass is 10.2. The molecule has 168 valence electrons. The van der Waals surface area contributed by atoms with Crippen LogP contribution >= 0.6 is 0 Å². The predicted octanol–water partition coefficient (Wildman–Crippen LogP) is 3.86. The zero-order chi connectivity index (χ0) is 21.5. The van der Waals surface area contributed by atoms with Crippen LogP contribution in [0.2, 0.25) is 57.9 Å². The van der Waals surface area contributed by atoms with Crippen LogP contribution in [-0.2, 0) is 21.9 Å². The first-order valence-electron chi connectivity index (χ1n) is 9.99. The van der Waals surface area contributed by atoms with Gasteiger partial charge in [-0.2, -0.15) is 0 Å². The van der Waals surface area contributed by atoms with E-state index in [-0.39, 0.29) is 16.9 Å². The van der Waals surface area contributed by atoms with Crippen LogP contribution in [0.3, 0.4) is 0 Å². The average Bonchev–Trinajstić information content (AvgIpc) is 2.41. The minimum absolute atomic E-state index is 0. The summed E-state index contributed by atoms with van der Waals surface area (Å²) in [5.41, 5.74) is 0.961. The highest BCUT2D eigenvalue weighted by atomic mass is 28.5. The Balaban J connectivity index is 0. The summed E-state index contributed by atoms with van der Waals surface area (Å²) in [5, 5.41) is 0. The van der Waals surface area contributed by atoms with E-state index < -0.39 is 34.5 Å². The number of ether oxygens (including phenoxy) is 1. The Morgan fingerprint density at radius 2 is 1.54 bits per heavy atom. The number of carbonyl (C=O) groups excluding carboxylic acids is 1. The molecule has 0 aliphatic carbocycles. The Kier molecular flexibility index (Phi) is 13.9. The molecule has 0 saturated carbocycles. The van der Waals surface area contributed by atoms with Crippen molar-refractivity contribution in [2.45, 2.75) is 91.0 Å². The third kappa shape index (κ3) is 13.4. The minimum Gasteiger partial charge on any atom is -0.462 e. The van der Waals surface area contributed by atoms with Gasteiger partial charge >= 0.3 is 23.1 Å². The van der Waals surface area contributed by atoms with Crippen LogP contribution in [0.25, 0.3) is 0 Å². The smallest absolute Gasteiger partial charge is 0.333 e. The van der Waals surface area contributed by atoms with Crippen LogP contribution < -0.4 is 0 Å². The third-order valence-electron chi connectivity index (χ3n) is 4.32. The van der Waals surface area contributed by atoms with Crippen molar-refractivity contribution in [2.24, 2.45) is 0 Å². The molecule has 5 nitrogen and oxygen atoms in total. The van der Waals surface area contributed by atoms with Crippen LogP contribution in [0.1, 0.15) is 33.1 Å². The van der Waals surface area contributed by atoms with Crippen LogP contribution in [0, 0.1) is 0 Å². The van der Waals surface area contributed by atoms with Gasteiger partial charge in [-0.15, -0.1) is 0 Å². The second-order valence-corrected chi connectivity index (χ2v) is 23.6. The molecular formula is C18H46O5Si5. The topological polar surface area (TPSA) is 54.0 Å². The minimum atomic E-state index is -2.24. The van der Waals surface area contributed by atoms with Crippen molar-refractivity contribution in [3.05, 3.63) is 12.2 Å². The molecule has 0 aromatic rings. The van der Waals surface area contributed by atoms with Gasteiger partial charge < -0.3 is 17.1 Å². The molecule has 0 fully saturated rings. The van der Waals surface area contributed by atoms with Gasteiger partial charge in [-0.1, -0.05) is 19.9 Å². The molecule has 10 heteroatoms. The average molecular weight is 483 g/mol. The molecule has 0 aliphatic heterocycles. The molecular weight excluding hydrogens is 437 g/mol. The van der Waals surface area contributed by atoms with E-state index in [1.54, 1.807) is 6.92 Å². The second kappa shape index (κ2) is 12.8. The Labute approximate surface area is 183 Å². The van der Waals surface area contributed by atoms with Crippen molar-refractivity contribution in [2.75, 3.05) is 6.61 Å². The largest absolute Gasteiger partial charge is 0.462 e. The van der Waals surface area contributed by atoms with Gasteiger partial charge in [0, 0.05) is 5.57 Å². The SMILES string of the molecule is C=C(C)C(=O)OCCCCC(C)[Si](C)(C)O[Si](C)(C)O[Si](C)(C)O[SiH](C)C.[SiH4]. The van der Waals surface area contributed by atoms with E-state index in [2.05, 4.69) is 65.9 Å². The maximum atomic E-state index is 11.4. The van der Waals surface area contributed by atoms with Gasteiger partial charge in [0.25, 0.3) is 0 Å². The quantitative estimate of drug-likeness (QED) is 0.173. The summed E-state index contributed by atoms with van der Waals surface area (Å²) in [7, 11) is -7.38. The first kappa shape index (κ1) is 30.4. The fourth-order valence-electron chi connectivity index (χ4n) is 3.13. The van der Waals surface area contributed by atoms with Gasteiger partial charge in [0.1, 0.15) is 0 Å². The van der Waals surface area contributed by atoms with Crippen LogP contribution in [0.4, 0.5) is 0 Å². The molecule has 1 unspecified atom stereocenters. The number of carbonyl (C=O) groups is 1. The molecule has 0 aliphatic rings. The summed E-state index contributed by atoms with van der Waals surface area (Å²) in [4.78, 5) is 11.4. The van der Waals surface area contributed by atoms with Gasteiger partial charge in [0.05, 0.1) is 6.61 Å². The summed E-state index contributed by atoms with van der Waals surface area (Å²) < 4.78 is 24.4. The number of unbranched alkanes of at least 4 members (excludes halogenated alkanes) is 1. The molecule has 0 saturated heterocycles. The zero-order valence-corrected chi connectivity index (χ0v) is 23.4. The van der Waals surface area contributed by atoms with Gasteiger partial charge in [0.2, 0.25) is 0 Å². The highest BCUT2D eigenvalue weighted by Gasteiger charge is 2.42. The fraction of sp³-hybridized carbons (Fsp3) is 0.833. The molecule has 0 spiro atoms. The highest BCUT2D eigenvalue weighted by molar-refractivity contribution is 6.88. The molecule has 0 radical (unpaired) electrons. The summed E-state index contributed by atoms with van der Waals surface area (Å²) in [6.07, 6.45) is 2.97. The van der Waals surface area contributed by atoms with E-state index in [9.17, 15) is 4.79 Å². The van der Waals surface area contributed by atoms with Crippen molar-refractivity contribution in [1.82, 2.24) is 0 Å². The molecule has 0 aromatic carbocycles. The standard InChI is InChI=1S/C18H42O5Si4.H4Si/c1-16(2)18(19)20-15-13-12-14-17(3)25(6,7)22-27(10,11)23-26(8,9)21-24(4)5;/h17,24H,1,12-15H2,2-11H3;1H4. The van der Waals surface area contributed by atoms with Crippen molar-refractivity contribution in [3.8, 4) is 0 Å². The van der Waals surface area contributed by atoms with Crippen molar-refractivity contribution in [1.29, 1.82) is 0 Å². The maximum Gasteiger partial charge on any atom is 0.333 e. The molecule has 0 bridgehead atoms. The van der Waals surface area contributed by atoms with E-state index in [1.807, 2.05) is 0 Å². The van der Waals surface area contributed by atoms with Gasteiger partial charge in [-0.05, 0) is 88.6 Å². The van der Waals surface area contributed by atoms with Gasteiger partial charge in [-0.3, -0.25) is 0 Å². The fourth-order valence-corrected chi connectivity index (χ4v) is 20.3. The lowest BCUT2D eigenvalue weighted by Gasteiger charge is -2.41. The first-order valence-corrected chi connectivity index (χ1v) is 21.4. The van der Waals surface area contributed by atoms with Gasteiger partial charge in [-0.25, -0.2) is 4.79 Å². The molecule has 0 amide bonds. The Bertz CT molecular complexity index is 495. The molecule has 1 atom stereocenters. The summed E-state index contributed by atoms with van der Waals surface area (Å²) in [5.74, 6) is -0.301. The second-order valence-electron chi connectivity index (χ2n) is 9.09. The van der Waals surface area contributed by atoms with Crippen molar-refractivity contribution in [3.63, 3.8) is 0 Å². The Morgan fingerprint density at radius 3 is 2.00 bits per heavy atom. The maximum absolute atomic E-state index is 11.4. The van der Waals surface area contributed by atoms with Crippen molar-refractivity contribution < 1.29 is 21.9 Å². The summed E-state index contributed by atoms with van der Waals surface area (Å²) in [6.45, 7) is 25.5. The van der Waals surface area contributed by atoms with E-state index in [0.717, 1.165) is 19.3 Å². The molecule has 28 heavy (non-hydrogen) atoms. The number of hydrogen-bond donors (Lipinski definition) is 0. The van der Waals surface area contributed by atoms with Crippen LogP contribution in [0.15, 0.2) is 12.2 Å². The number of hydrogen-bond acceptors (Lipinski definition) is 5. The van der Waals surface area contributed by atoms with Crippen LogP contribution in [0.5, 0.6) is 0 Å². The lowest BCUT2D eigenvalue weighted by molar-refractivity contribution is -0.139. The Morgan fingerprint density at radius 1 is 1.00 bits per heavy atom. The van der Waals surface area contributed by atoms with Crippen LogP contribution in [-0.4, -0.2) is 58.0 Å². The highest BCUT2D eigenvalue weighted by Crippen LogP contribution is 2.32. The molecule has 0 aromatic heterocycles. The zero-order valence-electron chi connectivity index (χ0n) is 19.2. The van der Waals surface area contributed by atoms with E-state index in [4.69, 9.17) is 17.1 Å². The van der Waals surface area contributed by atoms with E-state index >= 15 is 0 Å². The van der Waals surface area contributed by atoms with E-state index in [1.165, 1.54) is 0 Å².